The Kier molecular flexibility index (Phi) is 13.5. The Morgan fingerprint density at radius 1 is 0.302 bits per heavy atom. The van der Waals surface area contributed by atoms with Gasteiger partial charge in [0.25, 0.3) is 0 Å². The number of nitrogens with two attached hydrogens (primary N) is 1. The number of rotatable bonds is 12. The summed E-state index contributed by atoms with van der Waals surface area (Å²) in [5, 5.41) is 4.13. The second-order valence-electron chi connectivity index (χ2n) is 21.3. The summed E-state index contributed by atoms with van der Waals surface area (Å²) in [7, 11) is 0. The van der Waals surface area contributed by atoms with Gasteiger partial charge < -0.3 is 0 Å². The summed E-state index contributed by atoms with van der Waals surface area (Å²) in [5.41, 5.74) is 22.8. The summed E-state index contributed by atoms with van der Waals surface area (Å²) in [6, 6.07) is 86.9. The summed E-state index contributed by atoms with van der Waals surface area (Å²) in [5.74, 6) is 2.19. The summed E-state index contributed by atoms with van der Waals surface area (Å²) in [4.78, 5) is 40.1. The van der Waals surface area contributed by atoms with E-state index >= 15 is 0 Å². The van der Waals surface area contributed by atoms with Gasteiger partial charge in [0.2, 0.25) is 5.84 Å². The second-order valence-corrected chi connectivity index (χ2v) is 21.3. The minimum Gasteiger partial charge on any atom is -0.294 e. The van der Waals surface area contributed by atoms with Gasteiger partial charge in [-0.15, -0.1) is 0 Å². The monoisotopic (exact) mass is 1100 g/mol. The number of quaternary nitrogens is 1. The quantitative estimate of drug-likeness (QED) is 0.129. The Hall–Kier alpha value is -11.5. The highest BCUT2D eigenvalue weighted by molar-refractivity contribution is 6.00. The number of amidine groups is 1. The van der Waals surface area contributed by atoms with Crippen molar-refractivity contribution in [3.05, 3.63) is 298 Å². The lowest BCUT2D eigenvalue weighted by Crippen LogP contribution is -2.88. The lowest BCUT2D eigenvalue weighted by Gasteiger charge is -2.15. The minimum atomic E-state index is 0.619. The normalized spacial score (nSPS) is 12.1. The topological polar surface area (TPSA) is 119 Å². The van der Waals surface area contributed by atoms with Gasteiger partial charge in [-0.3, -0.25) is 20.3 Å². The van der Waals surface area contributed by atoms with Gasteiger partial charge in [0.05, 0.1) is 33.7 Å². The van der Waals surface area contributed by atoms with Gasteiger partial charge >= 0.3 is 0 Å². The molecule has 14 aromatic rings. The van der Waals surface area contributed by atoms with Crippen molar-refractivity contribution in [2.75, 3.05) is 6.54 Å². The van der Waals surface area contributed by atoms with Crippen LogP contribution in [0.1, 0.15) is 5.56 Å². The molecule has 0 fully saturated rings. The predicted molar refractivity (Wildman–Crippen MR) is 348 cm³/mol. The number of aromatic nitrogens is 7. The Bertz CT molecular complexity index is 4840. The molecule has 0 saturated carbocycles. The summed E-state index contributed by atoms with van der Waals surface area (Å²) in [6.07, 6.45) is 13.3. The van der Waals surface area contributed by atoms with Crippen LogP contribution < -0.4 is 5.32 Å². The molecule has 0 spiro atoms. The fourth-order valence-electron chi connectivity index (χ4n) is 11.6. The lowest BCUT2D eigenvalue weighted by molar-refractivity contribution is -0.529. The van der Waals surface area contributed by atoms with Gasteiger partial charge in [-0.1, -0.05) is 158 Å². The van der Waals surface area contributed by atoms with Crippen molar-refractivity contribution < 1.29 is 5.32 Å². The molecule has 15 rings (SSSR count). The molecule has 9 heteroatoms. The molecule has 0 atom stereocenters. The average molecular weight is 1100 g/mol. The number of aliphatic imine (C=N–C) groups is 1. The fourth-order valence-corrected chi connectivity index (χ4v) is 11.6. The van der Waals surface area contributed by atoms with E-state index in [-0.39, 0.29) is 0 Å². The van der Waals surface area contributed by atoms with E-state index in [2.05, 4.69) is 228 Å². The molecule has 404 valence electrons. The van der Waals surface area contributed by atoms with Gasteiger partial charge in [-0.2, -0.15) is 0 Å². The molecule has 6 heterocycles. The number of nitrogens with zero attached hydrogens (tertiary/aromatic N) is 8. The summed E-state index contributed by atoms with van der Waals surface area (Å²) >= 11 is 0. The second kappa shape index (κ2) is 22.7. The number of hydrogen-bond donors (Lipinski definition) is 1. The van der Waals surface area contributed by atoms with E-state index in [1.807, 2.05) is 73.5 Å². The molecule has 86 heavy (non-hydrogen) atoms. The molecule has 0 aliphatic carbocycles. The molecule has 2 N–H and O–H groups in total. The highest BCUT2D eigenvalue weighted by Crippen LogP contribution is 2.40. The molecular formula is C77H52N9+. The standard InChI is InChI=1S/C77H51N9/c1-4-15-50(16-5-1)56-29-31-67-71(46-56)83-77(86-73(67)53-17-6-2-7-18-53)65-42-60(41-63(45-65)75-81-36-14-37-82-75)51-25-27-52(28-26-51)66-33-38-79-49-69(66)58-22-12-21-55(39-58)57-30-32-68-72(47-57)84-76(85-74(68)54-19-8-3-9-20-54)64-43-61(59-23-13-34-78-48-59)40-62(44-64)70-24-10-11-35-80-70/h1-36,38-49H,37H2,(H,81,82)/p+1. The molecule has 0 bridgehead atoms. The third kappa shape index (κ3) is 10.3. The van der Waals surface area contributed by atoms with Crippen LogP contribution in [0, 0.1) is 0 Å². The fraction of sp³-hybridized carbons (Fsp3) is 0.0130. The van der Waals surface area contributed by atoms with Crippen LogP contribution in [0.15, 0.2) is 297 Å². The Balaban J connectivity index is 0.789. The summed E-state index contributed by atoms with van der Waals surface area (Å²) < 4.78 is 0. The van der Waals surface area contributed by atoms with Crippen molar-refractivity contribution in [1.29, 1.82) is 0 Å². The smallest absolute Gasteiger partial charge is 0.231 e. The van der Waals surface area contributed by atoms with Crippen LogP contribution in [0.4, 0.5) is 0 Å². The van der Waals surface area contributed by atoms with E-state index in [9.17, 15) is 0 Å². The molecule has 0 unspecified atom stereocenters. The largest absolute Gasteiger partial charge is 0.294 e. The molecule has 0 amide bonds. The average Bonchev–Trinajstić information content (AvgIpc) is 3.05. The van der Waals surface area contributed by atoms with E-state index in [1.165, 1.54) is 0 Å². The predicted octanol–water partition coefficient (Wildman–Crippen LogP) is 16.9. The molecule has 1 aliphatic heterocycles. The molecule has 9 aromatic carbocycles. The van der Waals surface area contributed by atoms with Crippen LogP contribution in [-0.4, -0.2) is 47.3 Å². The maximum absolute atomic E-state index is 5.36. The van der Waals surface area contributed by atoms with E-state index < -0.39 is 0 Å². The van der Waals surface area contributed by atoms with E-state index in [1.54, 1.807) is 6.20 Å². The first kappa shape index (κ1) is 51.4. The van der Waals surface area contributed by atoms with Gasteiger partial charge in [0, 0.05) is 86.9 Å². The van der Waals surface area contributed by atoms with Crippen molar-refractivity contribution in [1.82, 2.24) is 34.9 Å². The number of benzene rings is 9. The van der Waals surface area contributed by atoms with Crippen LogP contribution in [0.3, 0.4) is 0 Å². The van der Waals surface area contributed by atoms with Gasteiger partial charge in [-0.25, -0.2) is 24.9 Å². The van der Waals surface area contributed by atoms with Crippen LogP contribution in [0.25, 0.3) is 145 Å². The van der Waals surface area contributed by atoms with Crippen LogP contribution in [0.2, 0.25) is 0 Å². The Labute approximate surface area is 497 Å². The van der Waals surface area contributed by atoms with Gasteiger partial charge in [0.15, 0.2) is 11.6 Å². The Morgan fingerprint density at radius 3 is 1.45 bits per heavy atom. The zero-order valence-corrected chi connectivity index (χ0v) is 46.6. The zero-order chi connectivity index (χ0) is 57.2. The van der Waals surface area contributed by atoms with Crippen molar-refractivity contribution in [2.24, 2.45) is 4.99 Å². The van der Waals surface area contributed by atoms with Crippen molar-refractivity contribution in [3.8, 4) is 123 Å². The van der Waals surface area contributed by atoms with Crippen molar-refractivity contribution in [2.45, 2.75) is 0 Å². The maximum atomic E-state index is 5.36. The third-order valence-corrected chi connectivity index (χ3v) is 15.9. The van der Waals surface area contributed by atoms with Gasteiger partial charge in [-0.05, 0) is 153 Å². The van der Waals surface area contributed by atoms with Crippen LogP contribution in [-0.2, 0) is 0 Å². The molecular weight excluding hydrogens is 1050 g/mol. The van der Waals surface area contributed by atoms with E-state index in [4.69, 9.17) is 29.9 Å². The van der Waals surface area contributed by atoms with Crippen LogP contribution in [0.5, 0.6) is 0 Å². The number of fused-ring (bicyclic) bond motifs is 2. The molecule has 5 aromatic heterocycles. The summed E-state index contributed by atoms with van der Waals surface area (Å²) in [6.45, 7) is 0.809. The molecule has 0 saturated heterocycles. The molecule has 9 nitrogen and oxygen atoms in total. The number of pyridine rings is 3. The van der Waals surface area contributed by atoms with Crippen LogP contribution >= 0.6 is 0 Å². The van der Waals surface area contributed by atoms with Crippen molar-refractivity contribution in [3.63, 3.8) is 0 Å². The highest BCUT2D eigenvalue weighted by atomic mass is 15.0. The lowest BCUT2D eigenvalue weighted by atomic mass is 9.92. The zero-order valence-electron chi connectivity index (χ0n) is 46.6. The first-order chi connectivity index (χ1) is 42.6. The molecule has 1 aliphatic rings. The van der Waals surface area contributed by atoms with E-state index in [0.717, 1.165) is 151 Å². The van der Waals surface area contributed by atoms with Crippen molar-refractivity contribution >= 4 is 27.6 Å². The molecule has 0 radical (unpaired) electrons. The minimum absolute atomic E-state index is 0.619. The van der Waals surface area contributed by atoms with Gasteiger partial charge in [0.1, 0.15) is 6.54 Å². The maximum Gasteiger partial charge on any atom is 0.231 e. The Morgan fingerprint density at radius 2 is 0.814 bits per heavy atom. The van der Waals surface area contributed by atoms with E-state index in [0.29, 0.717) is 11.6 Å². The third-order valence-electron chi connectivity index (χ3n) is 15.9. The first-order valence-electron chi connectivity index (χ1n) is 28.7. The highest BCUT2D eigenvalue weighted by Gasteiger charge is 2.20. The number of hydrogen-bond acceptors (Lipinski definition) is 8. The SMILES string of the molecule is C1=CN=C(c2cc(-c3ccc(-c4ccncc4-c4cccc(-c5ccc6c(-c7ccccc7)nc(-c7cc(-c8cccnc8)cc(-c8ccccn8)c7)nc6c5)c4)cc3)cc(-c3nc(-c4ccccc4)c4ccc(-c5ccccc5)cc4n3)c2)[NH2+]C1. The first-order valence-corrected chi connectivity index (χ1v) is 28.7.